The number of ether oxygens (including phenoxy) is 1. The van der Waals surface area contributed by atoms with Crippen LogP contribution >= 0.6 is 24.0 Å². The number of methoxy groups -OCH3 is 1. The van der Waals surface area contributed by atoms with Crippen LogP contribution in [0.25, 0.3) is 0 Å². The first-order valence-corrected chi connectivity index (χ1v) is 9.78. The maximum Gasteiger partial charge on any atom is 0.191 e. The Morgan fingerprint density at radius 3 is 2.48 bits per heavy atom. The van der Waals surface area contributed by atoms with Crippen LogP contribution in [0.2, 0.25) is 0 Å². The minimum absolute atomic E-state index is 0. The fourth-order valence-electron chi connectivity index (χ4n) is 3.67. The Morgan fingerprint density at radius 2 is 1.79 bits per heavy atom. The van der Waals surface area contributed by atoms with E-state index in [4.69, 9.17) is 4.74 Å². The summed E-state index contributed by atoms with van der Waals surface area (Å²) in [4.78, 5) is 6.77. The van der Waals surface area contributed by atoms with Gasteiger partial charge >= 0.3 is 0 Å². The van der Waals surface area contributed by atoms with Crippen molar-refractivity contribution in [2.75, 3.05) is 33.8 Å². The molecule has 1 fully saturated rings. The maximum atomic E-state index is 13.8. The van der Waals surface area contributed by atoms with Crippen molar-refractivity contribution < 1.29 is 9.13 Å². The third-order valence-electron chi connectivity index (χ3n) is 5.17. The van der Waals surface area contributed by atoms with Gasteiger partial charge in [-0.25, -0.2) is 4.39 Å². The first-order valence-electron chi connectivity index (χ1n) is 9.78. The van der Waals surface area contributed by atoms with Crippen molar-refractivity contribution >= 4 is 29.9 Å². The van der Waals surface area contributed by atoms with Crippen LogP contribution in [0.4, 0.5) is 4.39 Å². The van der Waals surface area contributed by atoms with Crippen molar-refractivity contribution in [2.24, 2.45) is 4.99 Å². The summed E-state index contributed by atoms with van der Waals surface area (Å²) < 4.78 is 19.4. The number of guanidine groups is 1. The Kier molecular flexibility index (Phi) is 9.66. The van der Waals surface area contributed by atoms with Crippen molar-refractivity contribution in [1.29, 1.82) is 0 Å². The molecular formula is C22H30FIN4O. The smallest absolute Gasteiger partial charge is 0.191 e. The molecule has 29 heavy (non-hydrogen) atoms. The summed E-state index contributed by atoms with van der Waals surface area (Å²) in [6.45, 7) is 3.23. The molecule has 158 valence electrons. The molecule has 1 heterocycles. The van der Waals surface area contributed by atoms with Crippen LogP contribution in [0.3, 0.4) is 0 Å². The molecule has 1 atom stereocenters. The first-order chi connectivity index (χ1) is 13.7. The SMILES string of the molecule is CN=C(NCc1ccccc1F)NCC(c1ccccc1OC)N1CCCC1.I. The van der Waals surface area contributed by atoms with Gasteiger partial charge in [0.05, 0.1) is 13.2 Å². The van der Waals surface area contributed by atoms with E-state index in [1.54, 1.807) is 26.3 Å². The van der Waals surface area contributed by atoms with Gasteiger partial charge in [-0.1, -0.05) is 36.4 Å². The average molecular weight is 512 g/mol. The number of likely N-dealkylation sites (tertiary alicyclic amines) is 1. The van der Waals surface area contributed by atoms with Gasteiger partial charge in [-0.2, -0.15) is 0 Å². The number of aliphatic imine (C=N–C) groups is 1. The highest BCUT2D eigenvalue weighted by Crippen LogP contribution is 2.31. The summed E-state index contributed by atoms with van der Waals surface area (Å²) in [5, 5.41) is 6.61. The second-order valence-corrected chi connectivity index (χ2v) is 6.90. The van der Waals surface area contributed by atoms with Crippen LogP contribution in [0.1, 0.15) is 30.0 Å². The number of benzene rings is 2. The van der Waals surface area contributed by atoms with E-state index in [-0.39, 0.29) is 35.8 Å². The lowest BCUT2D eigenvalue weighted by molar-refractivity contribution is 0.239. The molecule has 0 bridgehead atoms. The molecule has 1 aliphatic heterocycles. The van der Waals surface area contributed by atoms with Crippen molar-refractivity contribution in [3.63, 3.8) is 0 Å². The fraction of sp³-hybridized carbons (Fsp3) is 0.409. The Morgan fingerprint density at radius 1 is 1.10 bits per heavy atom. The van der Waals surface area contributed by atoms with Gasteiger partial charge in [0.15, 0.2) is 5.96 Å². The van der Waals surface area contributed by atoms with E-state index in [1.807, 2.05) is 24.3 Å². The molecule has 3 rings (SSSR count). The summed E-state index contributed by atoms with van der Waals surface area (Å²) >= 11 is 0. The molecule has 2 aromatic carbocycles. The van der Waals surface area contributed by atoms with Gasteiger partial charge in [0.2, 0.25) is 0 Å². The molecule has 2 aromatic rings. The quantitative estimate of drug-likeness (QED) is 0.335. The van der Waals surface area contributed by atoms with Gasteiger partial charge in [-0.05, 0) is 38.1 Å². The van der Waals surface area contributed by atoms with Gasteiger partial charge in [0, 0.05) is 31.3 Å². The molecule has 1 aliphatic rings. The first kappa shape index (κ1) is 23.4. The van der Waals surface area contributed by atoms with Crippen LogP contribution in [0, 0.1) is 5.82 Å². The van der Waals surface area contributed by atoms with Crippen molar-refractivity contribution in [3.05, 3.63) is 65.5 Å². The number of halogens is 2. The molecule has 2 N–H and O–H groups in total. The third kappa shape index (κ3) is 6.30. The Labute approximate surface area is 189 Å². The topological polar surface area (TPSA) is 48.9 Å². The monoisotopic (exact) mass is 512 g/mol. The molecule has 0 saturated carbocycles. The number of nitrogens with zero attached hydrogens (tertiary/aromatic N) is 2. The van der Waals surface area contributed by atoms with Crippen molar-refractivity contribution in [2.45, 2.75) is 25.4 Å². The van der Waals surface area contributed by atoms with E-state index in [2.05, 4.69) is 26.6 Å². The van der Waals surface area contributed by atoms with E-state index in [9.17, 15) is 4.39 Å². The second kappa shape index (κ2) is 12.0. The number of nitrogens with one attached hydrogen (secondary N) is 2. The zero-order valence-corrected chi connectivity index (χ0v) is 19.4. The summed E-state index contributed by atoms with van der Waals surface area (Å²) in [5.74, 6) is 1.34. The highest BCUT2D eigenvalue weighted by Gasteiger charge is 2.26. The van der Waals surface area contributed by atoms with Gasteiger partial charge in [-0.15, -0.1) is 24.0 Å². The zero-order chi connectivity index (χ0) is 19.8. The predicted octanol–water partition coefficient (Wildman–Crippen LogP) is 3.95. The molecule has 7 heteroatoms. The summed E-state index contributed by atoms with van der Waals surface area (Å²) in [6, 6.07) is 15.1. The Balaban J connectivity index is 0.00000300. The third-order valence-corrected chi connectivity index (χ3v) is 5.17. The van der Waals surface area contributed by atoms with E-state index in [1.165, 1.54) is 24.5 Å². The van der Waals surface area contributed by atoms with E-state index >= 15 is 0 Å². The number of hydrogen-bond acceptors (Lipinski definition) is 3. The molecule has 0 radical (unpaired) electrons. The lowest BCUT2D eigenvalue weighted by Gasteiger charge is -2.30. The Hall–Kier alpha value is -1.87. The van der Waals surface area contributed by atoms with Gasteiger partial charge in [0.25, 0.3) is 0 Å². The Bertz CT molecular complexity index is 796. The summed E-state index contributed by atoms with van der Waals surface area (Å²) in [5.41, 5.74) is 1.79. The van der Waals surface area contributed by atoms with Crippen LogP contribution in [0.15, 0.2) is 53.5 Å². The second-order valence-electron chi connectivity index (χ2n) is 6.90. The minimum atomic E-state index is -0.214. The summed E-state index contributed by atoms with van der Waals surface area (Å²) in [7, 11) is 3.44. The van der Waals surface area contributed by atoms with E-state index < -0.39 is 0 Å². The highest BCUT2D eigenvalue weighted by atomic mass is 127. The van der Waals surface area contributed by atoms with Crippen LogP contribution < -0.4 is 15.4 Å². The molecule has 0 amide bonds. The van der Waals surface area contributed by atoms with Crippen molar-refractivity contribution in [1.82, 2.24) is 15.5 Å². The lowest BCUT2D eigenvalue weighted by Crippen LogP contribution is -2.42. The summed E-state index contributed by atoms with van der Waals surface area (Å²) in [6.07, 6.45) is 2.43. The van der Waals surface area contributed by atoms with E-state index in [0.717, 1.165) is 18.8 Å². The fourth-order valence-corrected chi connectivity index (χ4v) is 3.67. The number of para-hydroxylation sites is 1. The van der Waals surface area contributed by atoms with Crippen LogP contribution in [-0.4, -0.2) is 44.7 Å². The predicted molar refractivity (Wildman–Crippen MR) is 127 cm³/mol. The van der Waals surface area contributed by atoms with Gasteiger partial charge in [0.1, 0.15) is 11.6 Å². The molecule has 1 unspecified atom stereocenters. The normalized spacial score (nSPS) is 15.5. The van der Waals surface area contributed by atoms with Gasteiger partial charge in [-0.3, -0.25) is 9.89 Å². The number of hydrogen-bond donors (Lipinski definition) is 2. The highest BCUT2D eigenvalue weighted by molar-refractivity contribution is 14.0. The van der Waals surface area contributed by atoms with Gasteiger partial charge < -0.3 is 15.4 Å². The molecule has 0 spiro atoms. The molecule has 0 aliphatic carbocycles. The molecule has 1 saturated heterocycles. The largest absolute Gasteiger partial charge is 0.496 e. The molecule has 0 aromatic heterocycles. The van der Waals surface area contributed by atoms with E-state index in [0.29, 0.717) is 24.6 Å². The molecule has 5 nitrogen and oxygen atoms in total. The minimum Gasteiger partial charge on any atom is -0.496 e. The standard InChI is InChI=1S/C22H29FN4O.HI/c1-24-22(25-15-17-9-3-5-11-19(17)23)26-16-20(27-13-7-8-14-27)18-10-4-6-12-21(18)28-2;/h3-6,9-12,20H,7-8,13-16H2,1-2H3,(H2,24,25,26);1H. The van der Waals surface area contributed by atoms with Crippen LogP contribution in [-0.2, 0) is 6.54 Å². The average Bonchev–Trinajstić information content (AvgIpc) is 3.26. The van der Waals surface area contributed by atoms with Crippen molar-refractivity contribution in [3.8, 4) is 5.75 Å². The lowest BCUT2D eigenvalue weighted by atomic mass is 10.0. The zero-order valence-electron chi connectivity index (χ0n) is 17.0. The number of rotatable bonds is 7. The maximum absolute atomic E-state index is 13.8. The van der Waals surface area contributed by atoms with Crippen LogP contribution in [0.5, 0.6) is 5.75 Å². The molecular weight excluding hydrogens is 482 g/mol.